The molecule has 0 unspecified atom stereocenters. The zero-order valence-electron chi connectivity index (χ0n) is 15.1. The standard InChI is InChI=1S/C20H19N5O2/c1-4-9-25-14-8-6-5-7-12(14)20(19(25)26)13(10-21)17(22)27-18-15(20)16(11(2)3)23-24-18/h4-8,11H,1,9,22H2,2-3H3,(H,23,24)/t20-/m1/s1. The van der Waals surface area contributed by atoms with E-state index in [2.05, 4.69) is 22.8 Å². The zero-order valence-corrected chi connectivity index (χ0v) is 15.1. The monoisotopic (exact) mass is 361 g/mol. The second-order valence-corrected chi connectivity index (χ2v) is 6.90. The highest BCUT2D eigenvalue weighted by atomic mass is 16.5. The van der Waals surface area contributed by atoms with Crippen LogP contribution in [0, 0.1) is 11.3 Å². The third kappa shape index (κ3) is 1.95. The van der Waals surface area contributed by atoms with Gasteiger partial charge in [0.05, 0.1) is 5.56 Å². The maximum atomic E-state index is 13.8. The molecular weight excluding hydrogens is 342 g/mol. The lowest BCUT2D eigenvalue weighted by atomic mass is 9.68. The molecule has 2 aliphatic rings. The lowest BCUT2D eigenvalue weighted by Gasteiger charge is -2.33. The molecular formula is C20H19N5O2. The summed E-state index contributed by atoms with van der Waals surface area (Å²) in [6.07, 6.45) is 1.66. The normalized spacial score (nSPS) is 20.5. The van der Waals surface area contributed by atoms with Crippen LogP contribution in [0.4, 0.5) is 5.69 Å². The molecule has 27 heavy (non-hydrogen) atoms. The smallest absolute Gasteiger partial charge is 0.248 e. The quantitative estimate of drug-likeness (QED) is 0.816. The minimum atomic E-state index is -1.38. The van der Waals surface area contributed by atoms with Crippen LogP contribution in [0.5, 0.6) is 5.88 Å². The minimum absolute atomic E-state index is 0.0365. The first-order valence-corrected chi connectivity index (χ1v) is 8.67. The molecule has 0 fully saturated rings. The SMILES string of the molecule is C=CCN1C(=O)[C@@]2(C(C#N)=C(N)Oc3n[nH]c(C(C)C)c32)c2ccccc21. The first kappa shape index (κ1) is 16.9. The van der Waals surface area contributed by atoms with E-state index in [1.54, 1.807) is 11.0 Å². The van der Waals surface area contributed by atoms with Crippen LogP contribution in [0.25, 0.3) is 0 Å². The molecule has 1 aromatic carbocycles. The fraction of sp³-hybridized carbons (Fsp3) is 0.250. The van der Waals surface area contributed by atoms with Crippen molar-refractivity contribution in [2.45, 2.75) is 25.2 Å². The highest BCUT2D eigenvalue weighted by molar-refractivity contribution is 6.14. The van der Waals surface area contributed by atoms with Crippen molar-refractivity contribution in [3.63, 3.8) is 0 Å². The highest BCUT2D eigenvalue weighted by Crippen LogP contribution is 2.56. The van der Waals surface area contributed by atoms with Crippen LogP contribution in [0.3, 0.4) is 0 Å². The number of para-hydroxylation sites is 1. The summed E-state index contributed by atoms with van der Waals surface area (Å²) < 4.78 is 5.61. The number of benzene rings is 1. The molecule has 0 saturated carbocycles. The number of aromatic nitrogens is 2. The average molecular weight is 361 g/mol. The van der Waals surface area contributed by atoms with Crippen molar-refractivity contribution < 1.29 is 9.53 Å². The van der Waals surface area contributed by atoms with Crippen LogP contribution in [-0.2, 0) is 10.2 Å². The maximum Gasteiger partial charge on any atom is 0.248 e. The predicted molar refractivity (Wildman–Crippen MR) is 99.9 cm³/mol. The number of fused-ring (bicyclic) bond motifs is 4. The van der Waals surface area contributed by atoms with Crippen molar-refractivity contribution in [2.75, 3.05) is 11.4 Å². The third-order valence-electron chi connectivity index (χ3n) is 5.13. The molecule has 2 aliphatic heterocycles. The van der Waals surface area contributed by atoms with E-state index in [-0.39, 0.29) is 29.2 Å². The molecule has 7 heteroatoms. The summed E-state index contributed by atoms with van der Waals surface area (Å²) in [5, 5.41) is 17.2. The van der Waals surface area contributed by atoms with E-state index in [0.29, 0.717) is 17.7 Å². The van der Waals surface area contributed by atoms with Gasteiger partial charge in [-0.15, -0.1) is 11.7 Å². The van der Waals surface area contributed by atoms with Crippen molar-refractivity contribution in [3.8, 4) is 11.9 Å². The topological polar surface area (TPSA) is 108 Å². The van der Waals surface area contributed by atoms with Crippen LogP contribution >= 0.6 is 0 Å². The molecule has 1 amide bonds. The number of nitrogens with one attached hydrogen (secondary N) is 1. The van der Waals surface area contributed by atoms with Gasteiger partial charge in [0.15, 0.2) is 0 Å². The van der Waals surface area contributed by atoms with Crippen molar-refractivity contribution in [2.24, 2.45) is 5.73 Å². The average Bonchev–Trinajstić information content (AvgIpc) is 3.17. The molecule has 7 nitrogen and oxygen atoms in total. The number of nitriles is 1. The van der Waals surface area contributed by atoms with Gasteiger partial charge in [0.2, 0.25) is 17.7 Å². The first-order chi connectivity index (χ1) is 13.0. The van der Waals surface area contributed by atoms with E-state index in [4.69, 9.17) is 10.5 Å². The number of nitrogens with two attached hydrogens (primary N) is 1. The van der Waals surface area contributed by atoms with Gasteiger partial charge in [-0.2, -0.15) is 5.26 Å². The Labute approximate surface area is 156 Å². The van der Waals surface area contributed by atoms with Gasteiger partial charge in [-0.25, -0.2) is 0 Å². The number of carbonyl (C=O) groups is 1. The number of hydrogen-bond donors (Lipinski definition) is 2. The zero-order chi connectivity index (χ0) is 19.3. The lowest BCUT2D eigenvalue weighted by Crippen LogP contribution is -2.46. The number of anilines is 1. The number of rotatable bonds is 3. The lowest BCUT2D eigenvalue weighted by molar-refractivity contribution is -0.120. The summed E-state index contributed by atoms with van der Waals surface area (Å²) in [6.45, 7) is 8.06. The second kappa shape index (κ2) is 5.74. The Kier molecular flexibility index (Phi) is 3.60. The fourth-order valence-electron chi connectivity index (χ4n) is 4.04. The molecule has 0 aliphatic carbocycles. The van der Waals surface area contributed by atoms with E-state index in [9.17, 15) is 10.1 Å². The van der Waals surface area contributed by atoms with Gasteiger partial charge >= 0.3 is 0 Å². The van der Waals surface area contributed by atoms with Crippen LogP contribution in [0.15, 0.2) is 48.4 Å². The van der Waals surface area contributed by atoms with E-state index >= 15 is 0 Å². The van der Waals surface area contributed by atoms with Gasteiger partial charge in [0.25, 0.3) is 0 Å². The first-order valence-electron chi connectivity index (χ1n) is 8.67. The highest BCUT2D eigenvalue weighted by Gasteiger charge is 2.60. The molecule has 0 saturated heterocycles. The Morgan fingerprint density at radius 1 is 1.48 bits per heavy atom. The van der Waals surface area contributed by atoms with Crippen molar-refractivity contribution in [1.29, 1.82) is 5.26 Å². The van der Waals surface area contributed by atoms with Crippen molar-refractivity contribution in [3.05, 3.63) is 65.2 Å². The third-order valence-corrected chi connectivity index (χ3v) is 5.13. The molecule has 1 atom stereocenters. The van der Waals surface area contributed by atoms with Crippen molar-refractivity contribution in [1.82, 2.24) is 10.2 Å². The molecule has 2 aromatic rings. The van der Waals surface area contributed by atoms with Gasteiger partial charge in [-0.1, -0.05) is 38.1 Å². The Morgan fingerprint density at radius 3 is 2.89 bits per heavy atom. The van der Waals surface area contributed by atoms with Gasteiger partial charge in [0.1, 0.15) is 17.1 Å². The van der Waals surface area contributed by atoms with Crippen molar-refractivity contribution >= 4 is 11.6 Å². The van der Waals surface area contributed by atoms with Gasteiger partial charge in [-0.3, -0.25) is 9.89 Å². The molecule has 3 N–H and O–H groups in total. The van der Waals surface area contributed by atoms with Crippen LogP contribution in [-0.4, -0.2) is 22.6 Å². The molecule has 1 spiro atoms. The van der Waals surface area contributed by atoms with Crippen LogP contribution in [0.1, 0.15) is 36.6 Å². The van der Waals surface area contributed by atoms with Crippen LogP contribution < -0.4 is 15.4 Å². The summed E-state index contributed by atoms with van der Waals surface area (Å²) in [7, 11) is 0. The summed E-state index contributed by atoms with van der Waals surface area (Å²) in [4.78, 5) is 15.4. The molecule has 136 valence electrons. The summed E-state index contributed by atoms with van der Waals surface area (Å²) in [5.41, 5.74) is 7.52. The van der Waals surface area contributed by atoms with Gasteiger partial charge in [-0.05, 0) is 12.0 Å². The number of aromatic amines is 1. The molecule has 4 rings (SSSR count). The molecule has 0 bridgehead atoms. The van der Waals surface area contributed by atoms with Gasteiger partial charge < -0.3 is 15.4 Å². The number of hydrogen-bond acceptors (Lipinski definition) is 5. The molecule has 0 radical (unpaired) electrons. The Bertz CT molecular complexity index is 1040. The maximum absolute atomic E-state index is 13.8. The summed E-state index contributed by atoms with van der Waals surface area (Å²) in [5.74, 6) is -0.0837. The number of carbonyl (C=O) groups excluding carboxylic acids is 1. The summed E-state index contributed by atoms with van der Waals surface area (Å²) >= 11 is 0. The fourth-order valence-corrected chi connectivity index (χ4v) is 4.04. The number of H-pyrrole nitrogens is 1. The van der Waals surface area contributed by atoms with E-state index in [1.165, 1.54) is 0 Å². The van der Waals surface area contributed by atoms with E-state index < -0.39 is 5.41 Å². The Morgan fingerprint density at radius 2 is 2.22 bits per heavy atom. The predicted octanol–water partition coefficient (Wildman–Crippen LogP) is 2.44. The van der Waals surface area contributed by atoms with E-state index in [0.717, 1.165) is 11.4 Å². The Hall–Kier alpha value is -3.53. The molecule has 1 aromatic heterocycles. The second-order valence-electron chi connectivity index (χ2n) is 6.90. The van der Waals surface area contributed by atoms with Gasteiger partial charge in [0, 0.05) is 23.5 Å². The largest absolute Gasteiger partial charge is 0.420 e. The summed E-state index contributed by atoms with van der Waals surface area (Å²) in [6, 6.07) is 9.56. The number of nitrogens with zero attached hydrogens (tertiary/aromatic N) is 3. The van der Waals surface area contributed by atoms with E-state index in [1.807, 2.05) is 38.1 Å². The number of ether oxygens (including phenoxy) is 1. The minimum Gasteiger partial charge on any atom is -0.420 e. The Balaban J connectivity index is 2.16. The van der Waals surface area contributed by atoms with Crippen LogP contribution in [0.2, 0.25) is 0 Å². The number of amides is 1. The molecule has 3 heterocycles.